The first-order valence-electron chi connectivity index (χ1n) is 12.9. The number of halogens is 2. The number of imidazole rings is 1. The predicted octanol–water partition coefficient (Wildman–Crippen LogP) is 5.22. The number of hydrogen-bond donors (Lipinski definition) is 0. The lowest BCUT2D eigenvalue weighted by molar-refractivity contribution is 0.248. The van der Waals surface area contributed by atoms with Crippen LogP contribution >= 0.6 is 0 Å². The molecule has 2 atom stereocenters. The van der Waals surface area contributed by atoms with Crippen LogP contribution in [0, 0.1) is 28.9 Å². The van der Waals surface area contributed by atoms with E-state index in [1.165, 1.54) is 12.1 Å². The van der Waals surface area contributed by atoms with Gasteiger partial charge in [0, 0.05) is 30.1 Å². The summed E-state index contributed by atoms with van der Waals surface area (Å²) in [5.41, 5.74) is 3.08. The highest BCUT2D eigenvalue weighted by Crippen LogP contribution is 2.37. The fraction of sp³-hybridized carbons (Fsp3) is 0.345. The van der Waals surface area contributed by atoms with Gasteiger partial charge in [0.05, 0.1) is 30.1 Å². The second-order valence-corrected chi connectivity index (χ2v) is 10.2. The summed E-state index contributed by atoms with van der Waals surface area (Å²) in [7, 11) is 2.10. The summed E-state index contributed by atoms with van der Waals surface area (Å²) >= 11 is 0. The molecule has 2 fully saturated rings. The monoisotopic (exact) mass is 514 g/mol. The zero-order chi connectivity index (χ0) is 26.2. The molecule has 0 spiro atoms. The Hall–Kier alpha value is -4.03. The van der Waals surface area contributed by atoms with Crippen molar-refractivity contribution in [3.63, 3.8) is 0 Å². The minimum atomic E-state index is -0.452. The number of benzene rings is 2. The van der Waals surface area contributed by atoms with Crippen molar-refractivity contribution >= 4 is 11.5 Å². The van der Waals surface area contributed by atoms with Gasteiger partial charge in [0.1, 0.15) is 29.3 Å². The number of fused-ring (bicyclic) bond motifs is 1. The molecule has 2 unspecified atom stereocenters. The van der Waals surface area contributed by atoms with Gasteiger partial charge >= 0.3 is 0 Å². The van der Waals surface area contributed by atoms with E-state index in [0.29, 0.717) is 53.8 Å². The normalized spacial score (nSPS) is 19.8. The van der Waals surface area contributed by atoms with Gasteiger partial charge in [-0.25, -0.2) is 18.3 Å². The average molecular weight is 515 g/mol. The maximum absolute atomic E-state index is 14.6. The number of nitriles is 1. The van der Waals surface area contributed by atoms with Crippen LogP contribution in [0.5, 0.6) is 5.75 Å². The third-order valence-electron chi connectivity index (χ3n) is 7.57. The fourth-order valence-corrected chi connectivity index (χ4v) is 5.61. The summed E-state index contributed by atoms with van der Waals surface area (Å²) in [6.07, 6.45) is 4.39. The molecule has 194 valence electrons. The van der Waals surface area contributed by atoms with Gasteiger partial charge in [-0.2, -0.15) is 5.26 Å². The van der Waals surface area contributed by atoms with E-state index in [1.54, 1.807) is 16.8 Å². The number of anilines is 1. The molecular formula is C29H28F2N6O. The van der Waals surface area contributed by atoms with E-state index in [2.05, 4.69) is 23.0 Å². The predicted molar refractivity (Wildman–Crippen MR) is 140 cm³/mol. The molecule has 7 nitrogen and oxygen atoms in total. The number of hydrogen-bond acceptors (Lipinski definition) is 6. The molecule has 4 heterocycles. The second kappa shape index (κ2) is 10.0. The van der Waals surface area contributed by atoms with Crippen molar-refractivity contribution in [3.05, 3.63) is 77.5 Å². The van der Waals surface area contributed by atoms with Crippen molar-refractivity contribution < 1.29 is 13.5 Å². The number of aromatic nitrogens is 3. The highest BCUT2D eigenvalue weighted by atomic mass is 19.1. The molecule has 2 aliphatic heterocycles. The first-order valence-corrected chi connectivity index (χ1v) is 12.9. The van der Waals surface area contributed by atoms with Crippen molar-refractivity contribution in [1.29, 1.82) is 5.26 Å². The van der Waals surface area contributed by atoms with Crippen LogP contribution in [0.15, 0.2) is 54.7 Å². The van der Waals surface area contributed by atoms with Crippen molar-refractivity contribution in [3.8, 4) is 23.1 Å². The number of nitrogens with zero attached hydrogens (tertiary/aromatic N) is 6. The van der Waals surface area contributed by atoms with Crippen LogP contribution in [0.25, 0.3) is 16.9 Å². The van der Waals surface area contributed by atoms with E-state index in [-0.39, 0.29) is 6.04 Å². The maximum atomic E-state index is 14.6. The van der Waals surface area contributed by atoms with Gasteiger partial charge in [-0.15, -0.1) is 5.10 Å². The van der Waals surface area contributed by atoms with Gasteiger partial charge in [-0.3, -0.25) is 0 Å². The molecule has 0 N–H and O–H groups in total. The summed E-state index contributed by atoms with van der Waals surface area (Å²) in [6.45, 7) is 3.29. The molecule has 6 rings (SSSR count). The summed E-state index contributed by atoms with van der Waals surface area (Å²) in [4.78, 5) is 8.82. The van der Waals surface area contributed by atoms with Gasteiger partial charge < -0.3 is 14.5 Å². The Morgan fingerprint density at radius 2 is 1.97 bits per heavy atom. The molecule has 2 saturated heterocycles. The quantitative estimate of drug-likeness (QED) is 0.352. The molecule has 0 radical (unpaired) electrons. The van der Waals surface area contributed by atoms with E-state index in [1.807, 2.05) is 29.2 Å². The Morgan fingerprint density at radius 3 is 2.79 bits per heavy atom. The van der Waals surface area contributed by atoms with Crippen molar-refractivity contribution in [2.45, 2.75) is 25.3 Å². The van der Waals surface area contributed by atoms with E-state index >= 15 is 0 Å². The number of rotatable bonds is 6. The summed E-state index contributed by atoms with van der Waals surface area (Å²) < 4.78 is 36.4. The minimum Gasteiger partial charge on any atom is -0.492 e. The molecule has 0 saturated carbocycles. The van der Waals surface area contributed by atoms with Gasteiger partial charge in [0.25, 0.3) is 0 Å². The van der Waals surface area contributed by atoms with Crippen molar-refractivity contribution in [2.75, 3.05) is 38.2 Å². The molecular weight excluding hydrogens is 486 g/mol. The number of ether oxygens (including phenoxy) is 1. The summed E-state index contributed by atoms with van der Waals surface area (Å²) in [5.74, 6) is 0.784. The minimum absolute atomic E-state index is 0.299. The van der Waals surface area contributed by atoms with Crippen LogP contribution in [0.4, 0.5) is 14.6 Å². The Morgan fingerprint density at radius 1 is 1.08 bits per heavy atom. The fourth-order valence-electron chi connectivity index (χ4n) is 5.61. The Kier molecular flexibility index (Phi) is 6.42. The third-order valence-corrected chi connectivity index (χ3v) is 7.57. The molecule has 0 amide bonds. The highest BCUT2D eigenvalue weighted by molar-refractivity contribution is 5.67. The zero-order valence-electron chi connectivity index (χ0n) is 21.1. The molecule has 0 bridgehead atoms. The van der Waals surface area contributed by atoms with E-state index in [4.69, 9.17) is 9.84 Å². The molecule has 0 aliphatic carbocycles. The van der Waals surface area contributed by atoms with E-state index < -0.39 is 11.6 Å². The van der Waals surface area contributed by atoms with Crippen LogP contribution in [0.2, 0.25) is 0 Å². The lowest BCUT2D eigenvalue weighted by Gasteiger charge is -2.26. The molecule has 2 aromatic heterocycles. The Labute approximate surface area is 219 Å². The molecule has 2 aliphatic rings. The SMILES string of the molecule is CN1CCC(COc2cc(-c3cnc4ccc(N5CCCC5c5cc(F)ccc5F)nn34)ccc2C#N)C1. The molecule has 2 aromatic carbocycles. The Bertz CT molecular complexity index is 1530. The number of likely N-dealkylation sites (tertiary alicyclic amines) is 1. The van der Waals surface area contributed by atoms with Gasteiger partial charge in [0.2, 0.25) is 0 Å². The van der Waals surface area contributed by atoms with Crippen molar-refractivity contribution in [2.24, 2.45) is 5.92 Å². The lowest BCUT2D eigenvalue weighted by atomic mass is 10.0. The largest absolute Gasteiger partial charge is 0.492 e. The van der Waals surface area contributed by atoms with Gasteiger partial charge in [0.15, 0.2) is 5.65 Å². The lowest BCUT2D eigenvalue weighted by Crippen LogP contribution is -2.25. The zero-order valence-corrected chi connectivity index (χ0v) is 21.1. The summed E-state index contributed by atoms with van der Waals surface area (Å²) in [6, 6.07) is 14.8. The topological polar surface area (TPSA) is 69.7 Å². The van der Waals surface area contributed by atoms with Crippen LogP contribution < -0.4 is 9.64 Å². The van der Waals surface area contributed by atoms with Crippen LogP contribution in [-0.4, -0.2) is 52.8 Å². The van der Waals surface area contributed by atoms with Gasteiger partial charge in [-0.1, -0.05) is 6.07 Å². The van der Waals surface area contributed by atoms with Crippen molar-refractivity contribution in [1.82, 2.24) is 19.5 Å². The third kappa shape index (κ3) is 4.56. The Balaban J connectivity index is 1.32. The molecule has 4 aromatic rings. The van der Waals surface area contributed by atoms with E-state index in [0.717, 1.165) is 43.3 Å². The highest BCUT2D eigenvalue weighted by Gasteiger charge is 2.30. The molecule has 38 heavy (non-hydrogen) atoms. The first kappa shape index (κ1) is 24.3. The van der Waals surface area contributed by atoms with E-state index in [9.17, 15) is 14.0 Å². The van der Waals surface area contributed by atoms with Crippen LogP contribution in [0.1, 0.15) is 36.4 Å². The van der Waals surface area contributed by atoms with Crippen LogP contribution in [-0.2, 0) is 0 Å². The maximum Gasteiger partial charge on any atom is 0.154 e. The standard InChI is InChI=1S/C29H28F2N6O/c1-35-12-10-19(17-35)18-38-27-13-20(4-5-21(27)15-32)26-16-33-28-8-9-29(34-37(26)28)36-11-2-3-25(36)23-14-22(30)6-7-24(23)31/h4-9,13-14,16,19,25H,2-3,10-12,17-18H2,1H3. The van der Waals surface area contributed by atoms with Crippen LogP contribution in [0.3, 0.4) is 0 Å². The first-order chi connectivity index (χ1) is 18.5. The average Bonchev–Trinajstić information content (AvgIpc) is 3.68. The summed E-state index contributed by atoms with van der Waals surface area (Å²) in [5, 5.41) is 14.5. The smallest absolute Gasteiger partial charge is 0.154 e. The molecule has 9 heteroatoms. The second-order valence-electron chi connectivity index (χ2n) is 10.2. The van der Waals surface area contributed by atoms with Gasteiger partial charge in [-0.05, 0) is 75.3 Å².